The van der Waals surface area contributed by atoms with Crippen molar-refractivity contribution in [1.29, 1.82) is 0 Å². The summed E-state index contributed by atoms with van der Waals surface area (Å²) in [5.74, 6) is 0.398. The first-order valence-corrected chi connectivity index (χ1v) is 6.54. The number of pyridine rings is 1. The Morgan fingerprint density at radius 3 is 3.06 bits per heavy atom. The molecule has 1 amide bonds. The molecular formula is C14H20N2O2. The second kappa shape index (κ2) is 5.38. The van der Waals surface area contributed by atoms with Crippen LogP contribution >= 0.6 is 0 Å². The Balaban J connectivity index is 2.15. The lowest BCUT2D eigenvalue weighted by Crippen LogP contribution is -2.36. The Morgan fingerprint density at radius 2 is 2.39 bits per heavy atom. The van der Waals surface area contributed by atoms with Crippen molar-refractivity contribution in [2.24, 2.45) is 5.92 Å². The van der Waals surface area contributed by atoms with Crippen LogP contribution in [0.15, 0.2) is 18.3 Å². The molecule has 1 aliphatic rings. The first-order valence-electron chi connectivity index (χ1n) is 6.54. The van der Waals surface area contributed by atoms with Crippen molar-refractivity contribution >= 4 is 5.91 Å². The lowest BCUT2D eigenvalue weighted by Gasteiger charge is -2.25. The Morgan fingerprint density at radius 1 is 1.61 bits per heavy atom. The maximum atomic E-state index is 12.4. The van der Waals surface area contributed by atoms with Crippen LogP contribution in [0.2, 0.25) is 0 Å². The smallest absolute Gasteiger partial charge is 0.276 e. The zero-order valence-electron chi connectivity index (χ0n) is 11.0. The molecule has 1 atom stereocenters. The molecule has 1 saturated heterocycles. The summed E-state index contributed by atoms with van der Waals surface area (Å²) in [4.78, 5) is 18.2. The Kier molecular flexibility index (Phi) is 3.84. The van der Waals surface area contributed by atoms with E-state index in [1.807, 2.05) is 4.90 Å². The van der Waals surface area contributed by atoms with E-state index in [9.17, 15) is 9.90 Å². The van der Waals surface area contributed by atoms with Crippen LogP contribution in [0, 0.1) is 5.92 Å². The van der Waals surface area contributed by atoms with Gasteiger partial charge in [0.1, 0.15) is 5.75 Å². The van der Waals surface area contributed by atoms with Crippen molar-refractivity contribution in [3.63, 3.8) is 0 Å². The molecule has 4 nitrogen and oxygen atoms in total. The molecule has 4 heteroatoms. The third-order valence-corrected chi connectivity index (χ3v) is 3.37. The van der Waals surface area contributed by atoms with Gasteiger partial charge in [-0.3, -0.25) is 4.79 Å². The Bertz CT molecular complexity index is 432. The molecule has 0 aliphatic carbocycles. The molecule has 0 aromatic carbocycles. The van der Waals surface area contributed by atoms with Crippen molar-refractivity contribution in [2.45, 2.75) is 39.2 Å². The minimum absolute atomic E-state index is 0.0299. The fraction of sp³-hybridized carbons (Fsp3) is 0.571. The summed E-state index contributed by atoms with van der Waals surface area (Å²) in [6, 6.07) is 3.43. The molecule has 1 fully saturated rings. The number of carbonyl (C=O) groups is 1. The maximum Gasteiger partial charge on any atom is 0.276 e. The van der Waals surface area contributed by atoms with Gasteiger partial charge in [0.05, 0.1) is 0 Å². The molecule has 1 aromatic heterocycles. The van der Waals surface area contributed by atoms with E-state index in [-0.39, 0.29) is 17.4 Å². The fourth-order valence-corrected chi connectivity index (χ4v) is 2.59. The van der Waals surface area contributed by atoms with Crippen LogP contribution < -0.4 is 0 Å². The zero-order chi connectivity index (χ0) is 13.1. The van der Waals surface area contributed by atoms with Crippen LogP contribution in [0.25, 0.3) is 0 Å². The molecule has 0 radical (unpaired) electrons. The van der Waals surface area contributed by atoms with E-state index in [1.165, 1.54) is 6.07 Å². The number of carbonyl (C=O) groups excluding carboxylic acids is 1. The summed E-state index contributed by atoms with van der Waals surface area (Å²) in [5.41, 5.74) is 0.174. The second-order valence-corrected chi connectivity index (χ2v) is 5.30. The molecule has 18 heavy (non-hydrogen) atoms. The van der Waals surface area contributed by atoms with Crippen molar-refractivity contribution < 1.29 is 9.90 Å². The van der Waals surface area contributed by atoms with Gasteiger partial charge in [-0.15, -0.1) is 0 Å². The zero-order valence-corrected chi connectivity index (χ0v) is 11.0. The molecule has 1 aromatic rings. The van der Waals surface area contributed by atoms with Gasteiger partial charge in [0.2, 0.25) is 0 Å². The lowest BCUT2D eigenvalue weighted by atomic mass is 10.0. The molecule has 98 valence electrons. The average molecular weight is 248 g/mol. The second-order valence-electron chi connectivity index (χ2n) is 5.30. The number of hydrogen-bond donors (Lipinski definition) is 1. The van der Waals surface area contributed by atoms with Crippen LogP contribution in [0.3, 0.4) is 0 Å². The minimum atomic E-state index is -0.142. The van der Waals surface area contributed by atoms with Gasteiger partial charge >= 0.3 is 0 Å². The largest absolute Gasteiger partial charge is 0.505 e. The number of hydrogen-bond acceptors (Lipinski definition) is 3. The first-order chi connectivity index (χ1) is 8.59. The average Bonchev–Trinajstić information content (AvgIpc) is 2.76. The van der Waals surface area contributed by atoms with Gasteiger partial charge < -0.3 is 10.0 Å². The fourth-order valence-electron chi connectivity index (χ4n) is 2.59. The van der Waals surface area contributed by atoms with Crippen molar-refractivity contribution in [2.75, 3.05) is 6.54 Å². The van der Waals surface area contributed by atoms with E-state index in [1.54, 1.807) is 12.3 Å². The van der Waals surface area contributed by atoms with E-state index >= 15 is 0 Å². The summed E-state index contributed by atoms with van der Waals surface area (Å²) in [7, 11) is 0. The van der Waals surface area contributed by atoms with E-state index in [2.05, 4.69) is 18.8 Å². The molecule has 1 aliphatic heterocycles. The van der Waals surface area contributed by atoms with Crippen LogP contribution in [-0.2, 0) is 0 Å². The molecule has 0 bridgehead atoms. The quantitative estimate of drug-likeness (QED) is 0.893. The number of likely N-dealkylation sites (tertiary alicyclic amines) is 1. The highest BCUT2D eigenvalue weighted by Gasteiger charge is 2.31. The molecule has 2 rings (SSSR count). The van der Waals surface area contributed by atoms with Gasteiger partial charge in [-0.1, -0.05) is 13.8 Å². The third kappa shape index (κ3) is 2.63. The number of aromatic hydroxyl groups is 1. The minimum Gasteiger partial charge on any atom is -0.505 e. The van der Waals surface area contributed by atoms with Gasteiger partial charge in [0.15, 0.2) is 5.69 Å². The Hall–Kier alpha value is -1.58. The Labute approximate surface area is 108 Å². The summed E-state index contributed by atoms with van der Waals surface area (Å²) < 4.78 is 0. The summed E-state index contributed by atoms with van der Waals surface area (Å²) in [6.07, 6.45) is 4.65. The first kappa shape index (κ1) is 12.9. The van der Waals surface area contributed by atoms with Crippen LogP contribution in [0.1, 0.15) is 43.6 Å². The van der Waals surface area contributed by atoms with Crippen molar-refractivity contribution in [3.05, 3.63) is 24.0 Å². The molecule has 0 spiro atoms. The predicted molar refractivity (Wildman–Crippen MR) is 69.4 cm³/mol. The van der Waals surface area contributed by atoms with Gasteiger partial charge in [-0.05, 0) is 37.3 Å². The van der Waals surface area contributed by atoms with Crippen LogP contribution in [0.5, 0.6) is 5.75 Å². The third-order valence-electron chi connectivity index (χ3n) is 3.37. The van der Waals surface area contributed by atoms with E-state index < -0.39 is 0 Å². The predicted octanol–water partition coefficient (Wildman–Crippen LogP) is 2.44. The van der Waals surface area contributed by atoms with Gasteiger partial charge in [0, 0.05) is 18.8 Å². The highest BCUT2D eigenvalue weighted by Crippen LogP contribution is 2.26. The maximum absolute atomic E-state index is 12.4. The summed E-state index contributed by atoms with van der Waals surface area (Å²) in [5, 5.41) is 9.70. The molecule has 1 N–H and O–H groups in total. The molecular weight excluding hydrogens is 228 g/mol. The summed E-state index contributed by atoms with van der Waals surface area (Å²) in [6.45, 7) is 5.10. The molecule has 0 unspecified atom stereocenters. The monoisotopic (exact) mass is 248 g/mol. The van der Waals surface area contributed by atoms with E-state index in [4.69, 9.17) is 0 Å². The van der Waals surface area contributed by atoms with Gasteiger partial charge in [-0.2, -0.15) is 0 Å². The normalized spacial score (nSPS) is 19.5. The van der Waals surface area contributed by atoms with Crippen molar-refractivity contribution in [3.8, 4) is 5.75 Å². The number of aromatic nitrogens is 1. The van der Waals surface area contributed by atoms with Gasteiger partial charge in [0.25, 0.3) is 5.91 Å². The summed E-state index contributed by atoms with van der Waals surface area (Å²) >= 11 is 0. The molecule has 2 heterocycles. The number of rotatable bonds is 3. The standard InChI is InChI=1S/C14H20N2O2/c1-10(2)9-11-5-4-8-16(11)14(18)13-12(17)6-3-7-15-13/h3,6-7,10-11,17H,4-5,8-9H2,1-2H3/t11-/m1/s1. The van der Waals surface area contributed by atoms with E-state index in [0.717, 1.165) is 25.8 Å². The lowest BCUT2D eigenvalue weighted by molar-refractivity contribution is 0.0712. The van der Waals surface area contributed by atoms with Gasteiger partial charge in [-0.25, -0.2) is 4.98 Å². The van der Waals surface area contributed by atoms with E-state index in [0.29, 0.717) is 12.0 Å². The molecule has 0 saturated carbocycles. The van der Waals surface area contributed by atoms with Crippen LogP contribution in [-0.4, -0.2) is 33.5 Å². The van der Waals surface area contributed by atoms with Crippen molar-refractivity contribution in [1.82, 2.24) is 9.88 Å². The van der Waals surface area contributed by atoms with Crippen LogP contribution in [0.4, 0.5) is 0 Å². The topological polar surface area (TPSA) is 53.4 Å². The number of amides is 1. The highest BCUT2D eigenvalue weighted by molar-refractivity contribution is 5.95. The number of nitrogens with zero attached hydrogens (tertiary/aromatic N) is 2. The highest BCUT2D eigenvalue weighted by atomic mass is 16.3. The SMILES string of the molecule is CC(C)C[C@H]1CCCN1C(=O)c1ncccc1O.